The highest BCUT2D eigenvalue weighted by molar-refractivity contribution is 5.92. The molecule has 5 N–H and O–H groups in total. The molecule has 8 nitrogen and oxygen atoms in total. The number of aromatic nitrogens is 1. The Hall–Kier alpha value is -3.21. The first kappa shape index (κ1) is 21.1. The van der Waals surface area contributed by atoms with Gasteiger partial charge < -0.3 is 21.5 Å². The Labute approximate surface area is 156 Å². The normalized spacial score (nSPS) is 19.9. The number of halogens is 3. The van der Waals surface area contributed by atoms with Crippen molar-refractivity contribution in [2.24, 2.45) is 5.73 Å². The lowest BCUT2D eigenvalue weighted by atomic mass is 9.84. The molecule has 1 aliphatic rings. The molecule has 3 rings (SSSR count). The number of hydrogen-bond acceptors (Lipinski definition) is 5. The summed E-state index contributed by atoms with van der Waals surface area (Å²) in [4.78, 5) is 36.0. The predicted molar refractivity (Wildman–Crippen MR) is 91.9 cm³/mol. The van der Waals surface area contributed by atoms with E-state index >= 15 is 0 Å². The maximum Gasteiger partial charge on any atom is 0.490 e. The predicted octanol–water partition coefficient (Wildman–Crippen LogP) is 0.873. The molecule has 1 aliphatic heterocycles. The fraction of sp³-hybridized carbons (Fsp3) is 0.294. The average molecular weight is 398 g/mol. The monoisotopic (exact) mass is 398 g/mol. The first-order valence-corrected chi connectivity index (χ1v) is 8.01. The number of nitrogens with one attached hydrogen (secondary N) is 2. The van der Waals surface area contributed by atoms with E-state index in [9.17, 15) is 22.8 Å². The number of amides is 2. The van der Waals surface area contributed by atoms with E-state index in [-0.39, 0.29) is 5.91 Å². The summed E-state index contributed by atoms with van der Waals surface area (Å²) in [5, 5.41) is 14.5. The van der Waals surface area contributed by atoms with Crippen LogP contribution in [0.15, 0.2) is 36.7 Å². The summed E-state index contributed by atoms with van der Waals surface area (Å²) < 4.78 is 31.7. The second kappa shape index (κ2) is 8.21. The highest BCUT2D eigenvalue weighted by atomic mass is 19.4. The van der Waals surface area contributed by atoms with Crippen LogP contribution in [-0.4, -0.2) is 46.6 Å². The van der Waals surface area contributed by atoms with Crippen molar-refractivity contribution in [2.45, 2.75) is 24.2 Å². The standard InChI is InChI=1S/C15H16N4O2.C2HF3O2/c16-13(15(19-9-20)4-6-18-14(15)21)11-2-1-10-3-5-17-8-12(10)7-11;3-2(4,5)1(6)7/h1-3,5,7-9,13H,4,6,16H2,(H,18,21)(H,19,20);(H,6,7)/t13?,15-;/m0./s1. The largest absolute Gasteiger partial charge is 0.490 e. The fourth-order valence-electron chi connectivity index (χ4n) is 2.86. The second-order valence-electron chi connectivity index (χ2n) is 6.00. The first-order chi connectivity index (χ1) is 13.1. The highest BCUT2D eigenvalue weighted by Crippen LogP contribution is 2.31. The van der Waals surface area contributed by atoms with Crippen LogP contribution in [0.4, 0.5) is 13.2 Å². The van der Waals surface area contributed by atoms with Crippen LogP contribution in [0.3, 0.4) is 0 Å². The number of nitrogens with two attached hydrogens (primary N) is 1. The summed E-state index contributed by atoms with van der Waals surface area (Å²) in [7, 11) is 0. The molecule has 1 fully saturated rings. The van der Waals surface area contributed by atoms with Crippen LogP contribution in [-0.2, 0) is 14.4 Å². The number of fused-ring (bicyclic) bond motifs is 1. The average Bonchev–Trinajstić information content (AvgIpc) is 3.02. The summed E-state index contributed by atoms with van der Waals surface area (Å²) in [6.45, 7) is 0.502. The van der Waals surface area contributed by atoms with Gasteiger partial charge in [0.1, 0.15) is 5.54 Å². The van der Waals surface area contributed by atoms with Crippen molar-refractivity contribution in [1.29, 1.82) is 0 Å². The van der Waals surface area contributed by atoms with Gasteiger partial charge in [0.25, 0.3) is 0 Å². The molecule has 150 valence electrons. The molecule has 1 aromatic heterocycles. The number of carboxylic acids is 1. The third kappa shape index (κ3) is 4.36. The van der Waals surface area contributed by atoms with Crippen molar-refractivity contribution in [2.75, 3.05) is 6.54 Å². The van der Waals surface area contributed by atoms with Crippen LogP contribution < -0.4 is 16.4 Å². The Morgan fingerprint density at radius 3 is 2.57 bits per heavy atom. The van der Waals surface area contributed by atoms with E-state index < -0.39 is 23.7 Å². The molecule has 0 saturated carbocycles. The van der Waals surface area contributed by atoms with Crippen LogP contribution >= 0.6 is 0 Å². The number of carboxylic acid groups (broad SMARTS) is 1. The molecule has 2 amide bonds. The molecule has 1 aromatic carbocycles. The van der Waals surface area contributed by atoms with E-state index in [4.69, 9.17) is 15.6 Å². The Morgan fingerprint density at radius 2 is 2.04 bits per heavy atom. The number of carbonyl (C=O) groups is 3. The van der Waals surface area contributed by atoms with Crippen LogP contribution in [0.25, 0.3) is 10.8 Å². The third-order valence-corrected chi connectivity index (χ3v) is 4.32. The van der Waals surface area contributed by atoms with Gasteiger partial charge in [-0.05, 0) is 29.5 Å². The van der Waals surface area contributed by atoms with Gasteiger partial charge in [0.2, 0.25) is 12.3 Å². The van der Waals surface area contributed by atoms with Crippen LogP contribution in [0.2, 0.25) is 0 Å². The van der Waals surface area contributed by atoms with E-state index in [1.54, 1.807) is 12.4 Å². The number of carbonyl (C=O) groups excluding carboxylic acids is 2. The number of hydrogen-bond donors (Lipinski definition) is 4. The van der Waals surface area contributed by atoms with Crippen molar-refractivity contribution in [3.05, 3.63) is 42.2 Å². The summed E-state index contributed by atoms with van der Waals surface area (Å²) in [6, 6.07) is 7.02. The number of benzene rings is 1. The number of aliphatic carboxylic acids is 1. The lowest BCUT2D eigenvalue weighted by molar-refractivity contribution is -0.192. The zero-order valence-electron chi connectivity index (χ0n) is 14.4. The Balaban J connectivity index is 0.000000345. The summed E-state index contributed by atoms with van der Waals surface area (Å²) >= 11 is 0. The molecule has 0 spiro atoms. The molecule has 0 radical (unpaired) electrons. The summed E-state index contributed by atoms with van der Waals surface area (Å²) in [6.07, 6.45) is -0.605. The van der Waals surface area contributed by atoms with E-state index in [0.29, 0.717) is 19.4 Å². The second-order valence-corrected chi connectivity index (χ2v) is 6.00. The van der Waals surface area contributed by atoms with Gasteiger partial charge in [-0.15, -0.1) is 0 Å². The Bertz CT molecular complexity index is 890. The van der Waals surface area contributed by atoms with Gasteiger partial charge in [-0.1, -0.05) is 12.1 Å². The Kier molecular flexibility index (Phi) is 6.19. The quantitative estimate of drug-likeness (QED) is 0.565. The molecule has 2 aromatic rings. The molecule has 2 atom stereocenters. The lowest BCUT2D eigenvalue weighted by Crippen LogP contribution is -2.57. The van der Waals surface area contributed by atoms with Crippen molar-refractivity contribution in [3.63, 3.8) is 0 Å². The van der Waals surface area contributed by atoms with E-state index in [0.717, 1.165) is 16.3 Å². The van der Waals surface area contributed by atoms with Crippen LogP contribution in [0.5, 0.6) is 0 Å². The smallest absolute Gasteiger partial charge is 0.475 e. The fourth-order valence-corrected chi connectivity index (χ4v) is 2.86. The van der Waals surface area contributed by atoms with Crippen molar-refractivity contribution < 1.29 is 32.7 Å². The van der Waals surface area contributed by atoms with Gasteiger partial charge >= 0.3 is 12.1 Å². The van der Waals surface area contributed by atoms with Gasteiger partial charge in [-0.2, -0.15) is 13.2 Å². The minimum Gasteiger partial charge on any atom is -0.475 e. The molecule has 1 unspecified atom stereocenters. The zero-order chi connectivity index (χ0) is 20.9. The van der Waals surface area contributed by atoms with E-state index in [1.807, 2.05) is 24.3 Å². The molecule has 2 heterocycles. The van der Waals surface area contributed by atoms with Crippen molar-refractivity contribution in [1.82, 2.24) is 15.6 Å². The number of nitrogens with zero attached hydrogens (tertiary/aromatic N) is 1. The summed E-state index contributed by atoms with van der Waals surface area (Å²) in [5.41, 5.74) is 6.01. The molecule has 28 heavy (non-hydrogen) atoms. The summed E-state index contributed by atoms with van der Waals surface area (Å²) in [5.74, 6) is -3.00. The zero-order valence-corrected chi connectivity index (χ0v) is 14.4. The third-order valence-electron chi connectivity index (χ3n) is 4.32. The van der Waals surface area contributed by atoms with Crippen LogP contribution in [0.1, 0.15) is 18.0 Å². The molecule has 0 aliphatic carbocycles. The number of pyridine rings is 1. The van der Waals surface area contributed by atoms with Gasteiger partial charge in [-0.3, -0.25) is 14.6 Å². The highest BCUT2D eigenvalue weighted by Gasteiger charge is 2.47. The first-order valence-electron chi connectivity index (χ1n) is 8.01. The van der Waals surface area contributed by atoms with Gasteiger partial charge in [-0.25, -0.2) is 4.79 Å². The number of alkyl halides is 3. The molecule has 0 bridgehead atoms. The topological polar surface area (TPSA) is 134 Å². The minimum atomic E-state index is -5.08. The SMILES string of the molecule is NC(c1ccc2ccncc2c1)[C@@]1(NC=O)CCNC1=O.O=C(O)C(F)(F)F. The maximum atomic E-state index is 12.1. The van der Waals surface area contributed by atoms with Crippen LogP contribution in [0, 0.1) is 0 Å². The van der Waals surface area contributed by atoms with E-state index in [2.05, 4.69) is 15.6 Å². The van der Waals surface area contributed by atoms with E-state index in [1.165, 1.54) is 0 Å². The molecular weight excluding hydrogens is 381 g/mol. The molecular formula is C17H17F3N4O4. The maximum absolute atomic E-state index is 12.1. The van der Waals surface area contributed by atoms with Gasteiger partial charge in [0.15, 0.2) is 0 Å². The van der Waals surface area contributed by atoms with Gasteiger partial charge in [0, 0.05) is 24.3 Å². The number of rotatable bonds is 4. The van der Waals surface area contributed by atoms with Gasteiger partial charge in [0.05, 0.1) is 6.04 Å². The van der Waals surface area contributed by atoms with Crippen molar-refractivity contribution >= 4 is 29.1 Å². The minimum absolute atomic E-state index is 0.242. The van der Waals surface area contributed by atoms with Crippen molar-refractivity contribution in [3.8, 4) is 0 Å². The lowest BCUT2D eigenvalue weighted by Gasteiger charge is -2.32. The molecule has 11 heteroatoms. The molecule has 1 saturated heterocycles. The Morgan fingerprint density at radius 1 is 1.36 bits per heavy atom.